The van der Waals surface area contributed by atoms with Crippen LogP contribution < -0.4 is 15.8 Å². The van der Waals surface area contributed by atoms with E-state index >= 15 is 0 Å². The van der Waals surface area contributed by atoms with Crippen molar-refractivity contribution in [1.29, 1.82) is 0 Å². The molecule has 0 aliphatic heterocycles. The smallest absolute Gasteiger partial charge is 0.338 e. The number of ether oxygens (including phenoxy) is 2. The fourth-order valence-corrected chi connectivity index (χ4v) is 3.02. The van der Waals surface area contributed by atoms with Crippen molar-refractivity contribution in [3.8, 4) is 5.75 Å². The monoisotopic (exact) mass is 382 g/mol. The fraction of sp³-hybridized carbons (Fsp3) is 0.286. The van der Waals surface area contributed by atoms with E-state index in [1.807, 2.05) is 18.2 Å². The van der Waals surface area contributed by atoms with Gasteiger partial charge in [0, 0.05) is 5.69 Å². The van der Waals surface area contributed by atoms with Gasteiger partial charge in [-0.15, -0.1) is 0 Å². The van der Waals surface area contributed by atoms with E-state index in [0.29, 0.717) is 11.4 Å². The summed E-state index contributed by atoms with van der Waals surface area (Å²) >= 11 is 0. The van der Waals surface area contributed by atoms with Gasteiger partial charge in [0.15, 0.2) is 12.7 Å². The first kappa shape index (κ1) is 19.4. The number of nitrogens with two attached hydrogens (primary N) is 1. The van der Waals surface area contributed by atoms with Crippen molar-refractivity contribution in [2.45, 2.75) is 32.3 Å². The number of carbonyl (C=O) groups excluding carboxylic acids is 3. The Balaban J connectivity index is 1.54. The molecular weight excluding hydrogens is 360 g/mol. The Labute approximate surface area is 162 Å². The number of carbonyl (C=O) groups is 3. The zero-order valence-corrected chi connectivity index (χ0v) is 15.6. The average molecular weight is 382 g/mol. The molecule has 0 saturated carbocycles. The molecule has 28 heavy (non-hydrogen) atoms. The number of aryl methyl sites for hydroxylation is 2. The molecule has 3 N–H and O–H groups in total. The molecule has 2 amide bonds. The number of primary amides is 1. The van der Waals surface area contributed by atoms with E-state index in [1.165, 1.54) is 42.3 Å². The van der Waals surface area contributed by atoms with Gasteiger partial charge in [-0.25, -0.2) is 4.79 Å². The van der Waals surface area contributed by atoms with Crippen LogP contribution in [0, 0.1) is 0 Å². The van der Waals surface area contributed by atoms with Crippen LogP contribution in [0.25, 0.3) is 0 Å². The molecule has 0 spiro atoms. The van der Waals surface area contributed by atoms with Crippen molar-refractivity contribution >= 4 is 23.5 Å². The van der Waals surface area contributed by atoms with Crippen LogP contribution in [0.5, 0.6) is 5.75 Å². The quantitative estimate of drug-likeness (QED) is 0.714. The Hall–Kier alpha value is -3.35. The van der Waals surface area contributed by atoms with Crippen LogP contribution in [-0.4, -0.2) is 30.5 Å². The predicted molar refractivity (Wildman–Crippen MR) is 103 cm³/mol. The third-order valence-electron chi connectivity index (χ3n) is 4.49. The average Bonchev–Trinajstić information content (AvgIpc) is 3.14. The highest BCUT2D eigenvalue weighted by Crippen LogP contribution is 2.25. The lowest BCUT2D eigenvalue weighted by Crippen LogP contribution is -2.30. The van der Waals surface area contributed by atoms with Gasteiger partial charge in [-0.2, -0.15) is 0 Å². The molecule has 1 atom stereocenters. The molecule has 0 saturated heterocycles. The number of esters is 1. The van der Waals surface area contributed by atoms with Gasteiger partial charge >= 0.3 is 5.97 Å². The summed E-state index contributed by atoms with van der Waals surface area (Å²) in [6, 6.07) is 11.9. The van der Waals surface area contributed by atoms with E-state index in [-0.39, 0.29) is 12.2 Å². The van der Waals surface area contributed by atoms with Gasteiger partial charge in [-0.3, -0.25) is 9.59 Å². The minimum Gasteiger partial charge on any atom is -0.484 e. The molecule has 0 fully saturated rings. The van der Waals surface area contributed by atoms with Crippen LogP contribution in [0.1, 0.15) is 34.8 Å². The summed E-state index contributed by atoms with van der Waals surface area (Å²) < 4.78 is 10.4. The normalized spacial score (nSPS) is 13.3. The van der Waals surface area contributed by atoms with E-state index in [0.717, 1.165) is 19.3 Å². The Bertz CT molecular complexity index is 892. The second-order valence-electron chi connectivity index (χ2n) is 6.65. The molecule has 0 unspecified atom stereocenters. The SMILES string of the molecule is C[C@H](OC(=O)c1ccc(OCC(N)=O)cc1)C(=O)Nc1ccc2c(c1)CCC2. The molecule has 1 aliphatic carbocycles. The van der Waals surface area contributed by atoms with E-state index in [9.17, 15) is 14.4 Å². The molecular formula is C21H22N2O5. The van der Waals surface area contributed by atoms with Crippen LogP contribution in [0.4, 0.5) is 5.69 Å². The first-order chi connectivity index (χ1) is 13.4. The van der Waals surface area contributed by atoms with Crippen molar-refractivity contribution in [3.05, 3.63) is 59.2 Å². The molecule has 7 nitrogen and oxygen atoms in total. The number of benzene rings is 2. The fourth-order valence-electron chi connectivity index (χ4n) is 3.02. The lowest BCUT2D eigenvalue weighted by Gasteiger charge is -2.14. The molecule has 146 valence electrons. The number of amides is 2. The second-order valence-corrected chi connectivity index (χ2v) is 6.65. The van der Waals surface area contributed by atoms with E-state index in [4.69, 9.17) is 15.2 Å². The maximum absolute atomic E-state index is 12.3. The molecule has 2 aromatic rings. The van der Waals surface area contributed by atoms with Crippen LogP contribution in [-0.2, 0) is 27.2 Å². The number of rotatable bonds is 7. The van der Waals surface area contributed by atoms with Crippen LogP contribution >= 0.6 is 0 Å². The second kappa shape index (κ2) is 8.56. The number of hydrogen-bond donors (Lipinski definition) is 2. The number of fused-ring (bicyclic) bond motifs is 1. The summed E-state index contributed by atoms with van der Waals surface area (Å²) in [6.07, 6.45) is 2.27. The van der Waals surface area contributed by atoms with Crippen molar-refractivity contribution in [3.63, 3.8) is 0 Å². The first-order valence-electron chi connectivity index (χ1n) is 9.07. The Morgan fingerprint density at radius 3 is 2.50 bits per heavy atom. The molecule has 0 radical (unpaired) electrons. The van der Waals surface area contributed by atoms with Gasteiger partial charge in [0.1, 0.15) is 5.75 Å². The Kier molecular flexibility index (Phi) is 5.93. The standard InChI is InChI=1S/C21H22N2O5/c1-13(20(25)23-17-8-5-14-3-2-4-16(14)11-17)28-21(26)15-6-9-18(10-7-15)27-12-19(22)24/h5-11,13H,2-4,12H2,1H3,(H2,22,24)(H,23,25)/t13-/m0/s1. The first-order valence-corrected chi connectivity index (χ1v) is 9.07. The predicted octanol–water partition coefficient (Wildman–Crippen LogP) is 2.22. The topological polar surface area (TPSA) is 108 Å². The Morgan fingerprint density at radius 2 is 1.79 bits per heavy atom. The van der Waals surface area contributed by atoms with Crippen LogP contribution in [0.2, 0.25) is 0 Å². The molecule has 7 heteroatoms. The molecule has 0 bridgehead atoms. The van der Waals surface area contributed by atoms with Crippen molar-refractivity contribution in [2.75, 3.05) is 11.9 Å². The third-order valence-corrected chi connectivity index (χ3v) is 4.49. The molecule has 2 aromatic carbocycles. The van der Waals surface area contributed by atoms with Gasteiger partial charge in [-0.05, 0) is 73.7 Å². The number of hydrogen-bond acceptors (Lipinski definition) is 5. The van der Waals surface area contributed by atoms with E-state index in [1.54, 1.807) is 0 Å². The van der Waals surface area contributed by atoms with Gasteiger partial charge < -0.3 is 20.5 Å². The van der Waals surface area contributed by atoms with Crippen LogP contribution in [0.3, 0.4) is 0 Å². The molecule has 1 aliphatic rings. The van der Waals surface area contributed by atoms with Crippen LogP contribution in [0.15, 0.2) is 42.5 Å². The summed E-state index contributed by atoms with van der Waals surface area (Å²) in [7, 11) is 0. The third kappa shape index (κ3) is 4.88. The summed E-state index contributed by atoms with van der Waals surface area (Å²) in [6.45, 7) is 1.27. The van der Waals surface area contributed by atoms with Crippen molar-refractivity contribution in [1.82, 2.24) is 0 Å². The molecule has 0 aromatic heterocycles. The largest absolute Gasteiger partial charge is 0.484 e. The highest BCUT2D eigenvalue weighted by molar-refractivity contribution is 5.97. The zero-order chi connectivity index (χ0) is 20.1. The van der Waals surface area contributed by atoms with Gasteiger partial charge in [0.25, 0.3) is 11.8 Å². The summed E-state index contributed by atoms with van der Waals surface area (Å²) in [5, 5.41) is 2.78. The van der Waals surface area contributed by atoms with Gasteiger partial charge in [-0.1, -0.05) is 6.07 Å². The van der Waals surface area contributed by atoms with Crippen molar-refractivity contribution < 1.29 is 23.9 Å². The minimum atomic E-state index is -0.952. The van der Waals surface area contributed by atoms with E-state index in [2.05, 4.69) is 5.32 Å². The van der Waals surface area contributed by atoms with Crippen molar-refractivity contribution in [2.24, 2.45) is 5.73 Å². The summed E-state index contributed by atoms with van der Waals surface area (Å²) in [4.78, 5) is 35.3. The molecule has 3 rings (SSSR count). The lowest BCUT2D eigenvalue weighted by atomic mass is 10.1. The lowest BCUT2D eigenvalue weighted by molar-refractivity contribution is -0.123. The Morgan fingerprint density at radius 1 is 1.07 bits per heavy atom. The maximum Gasteiger partial charge on any atom is 0.338 e. The van der Waals surface area contributed by atoms with Gasteiger partial charge in [0.05, 0.1) is 5.56 Å². The number of anilines is 1. The zero-order valence-electron chi connectivity index (χ0n) is 15.6. The van der Waals surface area contributed by atoms with Gasteiger partial charge in [0.2, 0.25) is 0 Å². The molecule has 0 heterocycles. The minimum absolute atomic E-state index is 0.246. The number of nitrogens with one attached hydrogen (secondary N) is 1. The summed E-state index contributed by atoms with van der Waals surface area (Å²) in [5.41, 5.74) is 8.54. The highest BCUT2D eigenvalue weighted by Gasteiger charge is 2.20. The van der Waals surface area contributed by atoms with E-state index < -0.39 is 23.9 Å². The summed E-state index contributed by atoms with van der Waals surface area (Å²) in [5.74, 6) is -1.21. The highest BCUT2D eigenvalue weighted by atomic mass is 16.5. The maximum atomic E-state index is 12.3.